The van der Waals surface area contributed by atoms with Crippen molar-refractivity contribution in [2.24, 2.45) is 0 Å². The summed E-state index contributed by atoms with van der Waals surface area (Å²) >= 11 is 0. The first kappa shape index (κ1) is 25.9. The second kappa shape index (κ2) is 16.0. The second-order valence-corrected chi connectivity index (χ2v) is 0. The van der Waals surface area contributed by atoms with Gasteiger partial charge in [-0.1, -0.05) is 0 Å². The van der Waals surface area contributed by atoms with E-state index in [-0.39, 0.29) is 111 Å². The summed E-state index contributed by atoms with van der Waals surface area (Å²) in [6.07, 6.45) is 0. The van der Waals surface area contributed by atoms with Gasteiger partial charge in [0.05, 0.1) is 0 Å². The fourth-order valence-electron chi connectivity index (χ4n) is 0. The predicted molar refractivity (Wildman–Crippen MR) is 17.3 cm³/mol. The molecule has 0 aliphatic heterocycles. The molecule has 0 unspecified atom stereocenters. The van der Waals surface area contributed by atoms with Crippen molar-refractivity contribution in [3.8, 4) is 0 Å². The Morgan fingerprint density at radius 2 is 1.00 bits per heavy atom. The maximum Gasteiger partial charge on any atom is 0 e. The van der Waals surface area contributed by atoms with E-state index in [4.69, 9.17) is 0 Å². The fraction of sp³-hybridized carbons (Fsp3) is 0. The van der Waals surface area contributed by atoms with Crippen molar-refractivity contribution in [1.82, 2.24) is 0 Å². The molecular weight excluding hydrogens is 236 g/mol. The normalized spacial score (nSPS) is 0. The average Bonchev–Trinajstić information content (AvgIpc) is 0. The van der Waals surface area contributed by atoms with Gasteiger partial charge in [-0.05, 0) is 0 Å². The third kappa shape index (κ3) is 9.09. The number of hydrogen-bond acceptors (Lipinski definition) is 0. The van der Waals surface area contributed by atoms with Crippen molar-refractivity contribution >= 4 is 89.4 Å². The summed E-state index contributed by atoms with van der Waals surface area (Å²) in [4.78, 5) is 0. The van der Waals surface area contributed by atoms with Gasteiger partial charge in [0.1, 0.15) is 0 Å². The summed E-state index contributed by atoms with van der Waals surface area (Å²) < 4.78 is 0. The SMILES string of the molecule is [Ba].[Na].[Si].[Ti]. The monoisotopic (exact) mass is 237 g/mol. The van der Waals surface area contributed by atoms with Crippen LogP contribution in [0.3, 0.4) is 0 Å². The van der Waals surface area contributed by atoms with E-state index in [1.165, 1.54) is 0 Å². The Hall–Kier alpha value is 3.50. The van der Waals surface area contributed by atoms with Gasteiger partial charge < -0.3 is 0 Å². The first-order valence-corrected chi connectivity index (χ1v) is 0. The van der Waals surface area contributed by atoms with Crippen LogP contribution < -0.4 is 0 Å². The van der Waals surface area contributed by atoms with Gasteiger partial charge in [0.15, 0.2) is 0 Å². The van der Waals surface area contributed by atoms with E-state index in [9.17, 15) is 0 Å². The Labute approximate surface area is 108 Å². The topological polar surface area (TPSA) is 0 Å². The van der Waals surface area contributed by atoms with Crippen LogP contribution >= 0.6 is 0 Å². The quantitative estimate of drug-likeness (QED) is 0.466. The van der Waals surface area contributed by atoms with Crippen LogP contribution in [0.1, 0.15) is 0 Å². The minimum Gasteiger partial charge on any atom is 0 e. The van der Waals surface area contributed by atoms with E-state index in [0.717, 1.165) is 0 Å². The van der Waals surface area contributed by atoms with Gasteiger partial charge >= 0.3 is 0 Å². The predicted octanol–water partition coefficient (Wildman–Crippen LogP) is -1.14. The molecule has 0 aromatic rings. The van der Waals surface area contributed by atoms with Crippen LogP contribution in [-0.2, 0) is 21.7 Å². The van der Waals surface area contributed by atoms with Crippen molar-refractivity contribution in [2.45, 2.75) is 0 Å². The second-order valence-electron chi connectivity index (χ2n) is 0. The molecule has 0 spiro atoms. The Bertz CT molecular complexity index is 8.00. The van der Waals surface area contributed by atoms with Crippen LogP contribution in [0.2, 0.25) is 0 Å². The average molecular weight is 236 g/mol. The van der Waals surface area contributed by atoms with Crippen LogP contribution in [0.15, 0.2) is 0 Å². The van der Waals surface area contributed by atoms with Gasteiger partial charge in [0.2, 0.25) is 0 Å². The van der Waals surface area contributed by atoms with E-state index < -0.39 is 0 Å². The van der Waals surface area contributed by atoms with E-state index >= 15 is 0 Å². The zero-order chi connectivity index (χ0) is 0. The van der Waals surface area contributed by atoms with E-state index in [1.54, 1.807) is 0 Å². The standard InChI is InChI=1S/Ba.Na.Si.Ti. The Balaban J connectivity index is 0. The number of rotatable bonds is 0. The summed E-state index contributed by atoms with van der Waals surface area (Å²) in [6, 6.07) is 0. The summed E-state index contributed by atoms with van der Waals surface area (Å²) in [7, 11) is 0. The minimum absolute atomic E-state index is 0. The fourth-order valence-corrected chi connectivity index (χ4v) is 0. The molecule has 0 aromatic carbocycles. The molecule has 11 valence electrons. The molecule has 0 nitrogen and oxygen atoms in total. The maximum atomic E-state index is 0. The van der Waals surface area contributed by atoms with Gasteiger partial charge in [-0.25, -0.2) is 0 Å². The van der Waals surface area contributed by atoms with Gasteiger partial charge in [-0.3, -0.25) is 0 Å². The molecule has 0 aliphatic rings. The number of hydrogen-bond donors (Lipinski definition) is 0. The van der Waals surface area contributed by atoms with Gasteiger partial charge in [-0.15, -0.1) is 0 Å². The van der Waals surface area contributed by atoms with Crippen molar-refractivity contribution < 1.29 is 21.7 Å². The van der Waals surface area contributed by atoms with Gasteiger partial charge in [0, 0.05) is 111 Å². The van der Waals surface area contributed by atoms with Crippen LogP contribution in [0.4, 0.5) is 0 Å². The summed E-state index contributed by atoms with van der Waals surface area (Å²) in [5, 5.41) is 0. The van der Waals surface area contributed by atoms with Crippen molar-refractivity contribution in [1.29, 1.82) is 0 Å². The molecule has 0 saturated carbocycles. The molecule has 0 heterocycles. The minimum atomic E-state index is 0. The Morgan fingerprint density at radius 1 is 1.00 bits per heavy atom. The van der Waals surface area contributed by atoms with Crippen molar-refractivity contribution in [2.75, 3.05) is 0 Å². The molecule has 0 fully saturated rings. The molecule has 0 atom stereocenters. The summed E-state index contributed by atoms with van der Waals surface area (Å²) in [5.41, 5.74) is 0. The Morgan fingerprint density at radius 3 is 1.00 bits per heavy atom. The molecule has 7 radical (unpaired) electrons. The van der Waals surface area contributed by atoms with E-state index in [1.807, 2.05) is 0 Å². The van der Waals surface area contributed by atoms with Crippen LogP contribution in [0, 0.1) is 0 Å². The zero-order valence-corrected chi connectivity index (χ0v) is 11.7. The molecule has 4 heavy (non-hydrogen) atoms. The molecule has 0 N–H and O–H groups in total. The third-order valence-corrected chi connectivity index (χ3v) is 0. The summed E-state index contributed by atoms with van der Waals surface area (Å²) in [5.74, 6) is 0. The molecule has 0 aliphatic carbocycles. The maximum absolute atomic E-state index is 0. The van der Waals surface area contributed by atoms with Crippen molar-refractivity contribution in [3.05, 3.63) is 0 Å². The molecule has 0 aromatic heterocycles. The van der Waals surface area contributed by atoms with Crippen LogP contribution in [0.25, 0.3) is 0 Å². The first-order valence-electron chi connectivity index (χ1n) is 0. The molecule has 0 amide bonds. The molecule has 4 heteroatoms. The third-order valence-electron chi connectivity index (χ3n) is 0. The van der Waals surface area contributed by atoms with E-state index in [0.29, 0.717) is 0 Å². The molecular formula is BaNaSiTi. The molecule has 0 rings (SSSR count). The van der Waals surface area contributed by atoms with Crippen LogP contribution in [-0.4, -0.2) is 89.4 Å². The largest absolute Gasteiger partial charge is 0 e. The smallest absolute Gasteiger partial charge is 0 e. The van der Waals surface area contributed by atoms with Crippen LogP contribution in [0.5, 0.6) is 0 Å². The van der Waals surface area contributed by atoms with E-state index in [2.05, 4.69) is 0 Å². The van der Waals surface area contributed by atoms with Gasteiger partial charge in [0.25, 0.3) is 0 Å². The van der Waals surface area contributed by atoms with Crippen molar-refractivity contribution in [3.63, 3.8) is 0 Å². The summed E-state index contributed by atoms with van der Waals surface area (Å²) in [6.45, 7) is 0. The Kier molecular flexibility index (Phi) is 104. The molecule has 0 bridgehead atoms. The van der Waals surface area contributed by atoms with Gasteiger partial charge in [-0.2, -0.15) is 0 Å². The first-order chi connectivity index (χ1) is 0. The zero-order valence-electron chi connectivity index (χ0n) is 2.71. The molecule has 0 saturated heterocycles.